The molecule has 0 saturated heterocycles. The third-order valence-electron chi connectivity index (χ3n) is 3.97. The van der Waals surface area contributed by atoms with Crippen LogP contribution in [-0.2, 0) is 0 Å². The lowest BCUT2D eigenvalue weighted by Crippen LogP contribution is -1.92. The van der Waals surface area contributed by atoms with Gasteiger partial charge >= 0.3 is 0 Å². The Labute approximate surface area is 137 Å². The van der Waals surface area contributed by atoms with Crippen LogP contribution in [-0.4, -0.2) is 14.4 Å². The quantitative estimate of drug-likeness (QED) is 0.538. The molecule has 4 rings (SSSR count). The van der Waals surface area contributed by atoms with Crippen LogP contribution in [0.3, 0.4) is 0 Å². The first-order valence-electron chi connectivity index (χ1n) is 7.48. The van der Waals surface area contributed by atoms with Gasteiger partial charge in [-0.2, -0.15) is 4.39 Å². The summed E-state index contributed by atoms with van der Waals surface area (Å²) in [5.41, 5.74) is 4.46. The number of aryl methyl sites for hydroxylation is 1. The summed E-state index contributed by atoms with van der Waals surface area (Å²) in [6.45, 7) is 1.72. The molecule has 3 aromatic heterocycles. The van der Waals surface area contributed by atoms with Gasteiger partial charge in [0.05, 0.1) is 11.9 Å². The molecule has 118 valence electrons. The van der Waals surface area contributed by atoms with Crippen LogP contribution in [0.25, 0.3) is 28.0 Å². The largest absolute Gasteiger partial charge is 0.303 e. The molecule has 0 bridgehead atoms. The summed E-state index contributed by atoms with van der Waals surface area (Å²) in [5.74, 6) is -0.765. The van der Waals surface area contributed by atoms with Crippen molar-refractivity contribution in [2.75, 3.05) is 0 Å². The van der Waals surface area contributed by atoms with E-state index in [2.05, 4.69) is 9.97 Å². The molecule has 0 spiro atoms. The highest BCUT2D eigenvalue weighted by molar-refractivity contribution is 5.81. The van der Waals surface area contributed by atoms with E-state index in [9.17, 15) is 8.78 Å². The van der Waals surface area contributed by atoms with E-state index >= 15 is 0 Å². The minimum atomic E-state index is -0.521. The fraction of sp³-hybridized carbons (Fsp3) is 0.0526. The second kappa shape index (κ2) is 5.53. The van der Waals surface area contributed by atoms with Gasteiger partial charge in [-0.25, -0.2) is 9.37 Å². The van der Waals surface area contributed by atoms with Crippen molar-refractivity contribution in [3.8, 4) is 22.4 Å². The van der Waals surface area contributed by atoms with Crippen molar-refractivity contribution in [1.82, 2.24) is 14.4 Å². The standard InChI is InChI=1S/C19H13F2N3/c1-12-9-13(4-6-16(12)20)19-15(3-2-8-22-19)14-5-7-18-23-17(21)11-24(18)10-14/h2-11H,1H3. The van der Waals surface area contributed by atoms with Crippen LogP contribution in [0.5, 0.6) is 0 Å². The van der Waals surface area contributed by atoms with Gasteiger partial charge in [0, 0.05) is 29.1 Å². The van der Waals surface area contributed by atoms with Gasteiger partial charge in [0.2, 0.25) is 5.95 Å². The topological polar surface area (TPSA) is 30.2 Å². The van der Waals surface area contributed by atoms with E-state index in [1.807, 2.05) is 24.4 Å². The number of rotatable bonds is 2. The molecule has 0 radical (unpaired) electrons. The van der Waals surface area contributed by atoms with Crippen LogP contribution >= 0.6 is 0 Å². The first-order valence-corrected chi connectivity index (χ1v) is 7.48. The average Bonchev–Trinajstić information content (AvgIpc) is 2.96. The number of fused-ring (bicyclic) bond motifs is 1. The first kappa shape index (κ1) is 14.5. The molecule has 0 N–H and O–H groups in total. The molecule has 0 fully saturated rings. The predicted octanol–water partition coefficient (Wildman–Crippen LogP) is 4.65. The summed E-state index contributed by atoms with van der Waals surface area (Å²) in [4.78, 5) is 8.25. The Kier molecular flexibility index (Phi) is 3.34. The lowest BCUT2D eigenvalue weighted by molar-refractivity contribution is 0.592. The summed E-state index contributed by atoms with van der Waals surface area (Å²) in [6.07, 6.45) is 4.84. The van der Waals surface area contributed by atoms with Crippen molar-refractivity contribution in [2.45, 2.75) is 6.92 Å². The van der Waals surface area contributed by atoms with Crippen molar-refractivity contribution in [2.24, 2.45) is 0 Å². The van der Waals surface area contributed by atoms with Crippen LogP contribution in [0.15, 0.2) is 61.1 Å². The van der Waals surface area contributed by atoms with Gasteiger partial charge in [0.1, 0.15) is 11.5 Å². The Hall–Kier alpha value is -3.08. The lowest BCUT2D eigenvalue weighted by atomic mass is 9.99. The fourth-order valence-electron chi connectivity index (χ4n) is 2.78. The molecular weight excluding hydrogens is 308 g/mol. The Morgan fingerprint density at radius 2 is 1.79 bits per heavy atom. The zero-order valence-corrected chi connectivity index (χ0v) is 12.9. The van der Waals surface area contributed by atoms with Crippen molar-refractivity contribution >= 4 is 5.65 Å². The van der Waals surface area contributed by atoms with E-state index in [1.165, 1.54) is 12.3 Å². The van der Waals surface area contributed by atoms with Crippen LogP contribution in [0, 0.1) is 18.7 Å². The van der Waals surface area contributed by atoms with Gasteiger partial charge in [-0.3, -0.25) is 4.98 Å². The third kappa shape index (κ3) is 2.44. The Balaban J connectivity index is 1.89. The zero-order chi connectivity index (χ0) is 16.7. The molecule has 5 heteroatoms. The molecule has 1 aromatic carbocycles. The van der Waals surface area contributed by atoms with Crippen LogP contribution in [0.1, 0.15) is 5.56 Å². The van der Waals surface area contributed by atoms with E-state index < -0.39 is 5.95 Å². The summed E-state index contributed by atoms with van der Waals surface area (Å²) in [5, 5.41) is 0. The number of pyridine rings is 2. The first-order chi connectivity index (χ1) is 11.6. The average molecular weight is 321 g/mol. The summed E-state index contributed by atoms with van der Waals surface area (Å²) < 4.78 is 28.5. The Morgan fingerprint density at radius 1 is 0.958 bits per heavy atom. The van der Waals surface area contributed by atoms with E-state index in [-0.39, 0.29) is 5.82 Å². The maximum absolute atomic E-state index is 13.5. The number of hydrogen-bond donors (Lipinski definition) is 0. The molecule has 4 aromatic rings. The summed E-state index contributed by atoms with van der Waals surface area (Å²) in [6, 6.07) is 12.3. The minimum Gasteiger partial charge on any atom is -0.303 e. The van der Waals surface area contributed by atoms with Crippen molar-refractivity contribution in [3.05, 3.63) is 78.4 Å². The van der Waals surface area contributed by atoms with E-state index in [4.69, 9.17) is 0 Å². The van der Waals surface area contributed by atoms with Gasteiger partial charge in [-0.15, -0.1) is 0 Å². The molecule has 0 aliphatic carbocycles. The monoisotopic (exact) mass is 321 g/mol. The van der Waals surface area contributed by atoms with Crippen molar-refractivity contribution in [3.63, 3.8) is 0 Å². The lowest BCUT2D eigenvalue weighted by Gasteiger charge is -2.10. The molecular formula is C19H13F2N3. The number of imidazole rings is 1. The molecule has 0 aliphatic heterocycles. The molecule has 0 atom stereocenters. The highest BCUT2D eigenvalue weighted by Gasteiger charge is 2.11. The fourth-order valence-corrected chi connectivity index (χ4v) is 2.78. The molecule has 3 nitrogen and oxygen atoms in total. The predicted molar refractivity (Wildman–Crippen MR) is 88.5 cm³/mol. The normalized spacial score (nSPS) is 11.1. The maximum Gasteiger partial charge on any atom is 0.231 e. The molecule has 24 heavy (non-hydrogen) atoms. The zero-order valence-electron chi connectivity index (χ0n) is 12.9. The second-order valence-electron chi connectivity index (χ2n) is 5.61. The molecule has 0 unspecified atom stereocenters. The second-order valence-corrected chi connectivity index (χ2v) is 5.61. The number of benzene rings is 1. The van der Waals surface area contributed by atoms with Gasteiger partial charge in [-0.1, -0.05) is 6.07 Å². The Bertz CT molecular complexity index is 1050. The van der Waals surface area contributed by atoms with E-state index in [0.717, 1.165) is 22.4 Å². The number of hydrogen-bond acceptors (Lipinski definition) is 2. The third-order valence-corrected chi connectivity index (χ3v) is 3.97. The van der Waals surface area contributed by atoms with Gasteiger partial charge in [0.15, 0.2) is 0 Å². The summed E-state index contributed by atoms with van der Waals surface area (Å²) >= 11 is 0. The highest BCUT2D eigenvalue weighted by atomic mass is 19.1. The molecule has 0 aliphatic rings. The number of aromatic nitrogens is 3. The highest BCUT2D eigenvalue weighted by Crippen LogP contribution is 2.31. The SMILES string of the molecule is Cc1cc(-c2ncccc2-c2ccc3nc(F)cn3c2)ccc1F. The van der Waals surface area contributed by atoms with Gasteiger partial charge < -0.3 is 4.40 Å². The maximum atomic E-state index is 13.5. The van der Waals surface area contributed by atoms with Crippen molar-refractivity contribution < 1.29 is 8.78 Å². The smallest absolute Gasteiger partial charge is 0.231 e. The van der Waals surface area contributed by atoms with E-state index in [1.54, 1.807) is 35.7 Å². The van der Waals surface area contributed by atoms with Gasteiger partial charge in [0.25, 0.3) is 0 Å². The molecule has 0 amide bonds. The Morgan fingerprint density at radius 3 is 2.62 bits per heavy atom. The van der Waals surface area contributed by atoms with Crippen LogP contribution in [0.4, 0.5) is 8.78 Å². The minimum absolute atomic E-state index is 0.244. The number of halogens is 2. The number of nitrogens with zero attached hydrogens (tertiary/aromatic N) is 3. The van der Waals surface area contributed by atoms with Crippen molar-refractivity contribution in [1.29, 1.82) is 0 Å². The van der Waals surface area contributed by atoms with E-state index in [0.29, 0.717) is 11.2 Å². The molecule has 0 saturated carbocycles. The molecule has 3 heterocycles. The van der Waals surface area contributed by atoms with Crippen LogP contribution in [0.2, 0.25) is 0 Å². The summed E-state index contributed by atoms with van der Waals surface area (Å²) in [7, 11) is 0. The van der Waals surface area contributed by atoms with Crippen LogP contribution < -0.4 is 0 Å². The van der Waals surface area contributed by atoms with Gasteiger partial charge in [-0.05, 0) is 48.9 Å².